The Morgan fingerprint density at radius 2 is 1.41 bits per heavy atom. The third-order valence-electron chi connectivity index (χ3n) is 6.42. The third-order valence-corrected chi connectivity index (χ3v) is 6.42. The minimum absolute atomic E-state index is 0.852. The molecular formula is C28H20N4. The first kappa shape index (κ1) is 17.5. The fourth-order valence-corrected chi connectivity index (χ4v) is 5.10. The molecule has 0 bridgehead atoms. The van der Waals surface area contributed by atoms with E-state index in [2.05, 4.69) is 99.1 Å². The van der Waals surface area contributed by atoms with Gasteiger partial charge in [0.1, 0.15) is 5.65 Å². The molecule has 0 amide bonds. The van der Waals surface area contributed by atoms with Gasteiger partial charge in [-0.1, -0.05) is 60.7 Å². The summed E-state index contributed by atoms with van der Waals surface area (Å²) < 4.78 is 4.65. The number of aliphatic imine (C=N–C) groups is 1. The van der Waals surface area contributed by atoms with Crippen molar-refractivity contribution in [1.29, 1.82) is 0 Å². The Hall–Kier alpha value is -4.18. The smallest absolute Gasteiger partial charge is 0.147 e. The van der Waals surface area contributed by atoms with Crippen LogP contribution in [-0.4, -0.2) is 26.9 Å². The van der Waals surface area contributed by atoms with Gasteiger partial charge in [-0.25, -0.2) is 4.98 Å². The maximum Gasteiger partial charge on any atom is 0.147 e. The molecule has 152 valence electrons. The first-order valence-electron chi connectivity index (χ1n) is 11.0. The van der Waals surface area contributed by atoms with E-state index in [9.17, 15) is 0 Å². The van der Waals surface area contributed by atoms with E-state index in [0.717, 1.165) is 35.5 Å². The molecule has 0 N–H and O–H groups in total. The van der Waals surface area contributed by atoms with E-state index in [1.54, 1.807) is 0 Å². The van der Waals surface area contributed by atoms with Crippen molar-refractivity contribution in [3.8, 4) is 5.69 Å². The number of dihydropyridines is 1. The van der Waals surface area contributed by atoms with Gasteiger partial charge in [-0.15, -0.1) is 0 Å². The van der Waals surface area contributed by atoms with Crippen LogP contribution in [0.4, 0.5) is 0 Å². The van der Waals surface area contributed by atoms with Crippen LogP contribution in [0.3, 0.4) is 0 Å². The molecule has 0 saturated carbocycles. The minimum atomic E-state index is 0.852. The Labute approximate surface area is 184 Å². The van der Waals surface area contributed by atoms with Crippen molar-refractivity contribution in [2.24, 2.45) is 4.99 Å². The van der Waals surface area contributed by atoms with Crippen molar-refractivity contribution in [3.05, 3.63) is 91.1 Å². The number of aromatic nitrogens is 3. The predicted octanol–water partition coefficient (Wildman–Crippen LogP) is 6.60. The molecule has 3 aromatic heterocycles. The maximum absolute atomic E-state index is 5.03. The zero-order valence-corrected chi connectivity index (χ0v) is 17.4. The van der Waals surface area contributed by atoms with Gasteiger partial charge >= 0.3 is 0 Å². The number of rotatable bonds is 2. The number of benzene rings is 3. The summed E-state index contributed by atoms with van der Waals surface area (Å²) in [5, 5.41) is 4.78. The lowest BCUT2D eigenvalue weighted by Crippen LogP contribution is -2.03. The van der Waals surface area contributed by atoms with Gasteiger partial charge in [-0.05, 0) is 30.7 Å². The molecule has 1 aliphatic rings. The van der Waals surface area contributed by atoms with Crippen molar-refractivity contribution < 1.29 is 0 Å². The second-order valence-corrected chi connectivity index (χ2v) is 8.21. The lowest BCUT2D eigenvalue weighted by molar-refractivity contribution is 0.992. The van der Waals surface area contributed by atoms with Crippen LogP contribution in [0.25, 0.3) is 55.1 Å². The zero-order chi connectivity index (χ0) is 21.1. The van der Waals surface area contributed by atoms with E-state index in [1.807, 2.05) is 12.4 Å². The van der Waals surface area contributed by atoms with Gasteiger partial charge in [0.2, 0.25) is 0 Å². The molecule has 0 aliphatic carbocycles. The van der Waals surface area contributed by atoms with Gasteiger partial charge in [-0.2, -0.15) is 0 Å². The normalized spacial score (nSPS) is 14.1. The van der Waals surface area contributed by atoms with E-state index in [0.29, 0.717) is 0 Å². The van der Waals surface area contributed by atoms with Crippen LogP contribution in [0.15, 0.2) is 96.1 Å². The number of hydrogen-bond acceptors (Lipinski definition) is 2. The summed E-state index contributed by atoms with van der Waals surface area (Å²) in [6.45, 7) is 0.852. The van der Waals surface area contributed by atoms with E-state index in [1.165, 1.54) is 32.6 Å². The molecule has 6 aromatic rings. The average molecular weight is 412 g/mol. The van der Waals surface area contributed by atoms with Crippen LogP contribution in [0.1, 0.15) is 6.42 Å². The molecule has 1 aliphatic heterocycles. The first-order valence-corrected chi connectivity index (χ1v) is 11.0. The second kappa shape index (κ2) is 6.66. The average Bonchev–Trinajstić information content (AvgIpc) is 3.38. The number of nitrogens with zero attached hydrogens (tertiary/aromatic N) is 4. The zero-order valence-electron chi connectivity index (χ0n) is 17.4. The largest absolute Gasteiger partial charge is 0.307 e. The quantitative estimate of drug-likeness (QED) is 0.315. The van der Waals surface area contributed by atoms with Crippen LogP contribution in [0.2, 0.25) is 0 Å². The summed E-state index contributed by atoms with van der Waals surface area (Å²) in [5.41, 5.74) is 6.77. The summed E-state index contributed by atoms with van der Waals surface area (Å²) in [6, 6.07) is 27.7. The van der Waals surface area contributed by atoms with Gasteiger partial charge in [-0.3, -0.25) is 9.56 Å². The molecule has 32 heavy (non-hydrogen) atoms. The lowest BCUT2D eigenvalue weighted by atomic mass is 10.1. The van der Waals surface area contributed by atoms with Crippen LogP contribution >= 0.6 is 0 Å². The lowest BCUT2D eigenvalue weighted by Gasteiger charge is -2.12. The van der Waals surface area contributed by atoms with Crippen LogP contribution in [-0.2, 0) is 0 Å². The standard InChI is InChI=1S/C28H20N4/c1-2-9-19(10-3-1)32-25-15-7-5-13-22(25)26-27-23(18-30-28(26)32)21-12-4-6-14-24(21)31(27)20-11-8-16-29-17-20/h1-7,9-15,17-18H,8,16H2. The number of hydrogen-bond donors (Lipinski definition) is 0. The summed E-state index contributed by atoms with van der Waals surface area (Å²) >= 11 is 0. The van der Waals surface area contributed by atoms with E-state index < -0.39 is 0 Å². The molecule has 0 radical (unpaired) electrons. The van der Waals surface area contributed by atoms with E-state index in [-0.39, 0.29) is 0 Å². The van der Waals surface area contributed by atoms with Crippen LogP contribution < -0.4 is 0 Å². The highest BCUT2D eigenvalue weighted by Crippen LogP contribution is 2.40. The number of allylic oxidation sites excluding steroid dienone is 1. The predicted molar refractivity (Wildman–Crippen MR) is 134 cm³/mol. The molecule has 0 atom stereocenters. The summed E-state index contributed by atoms with van der Waals surface area (Å²) in [6.07, 6.45) is 7.30. The van der Waals surface area contributed by atoms with E-state index >= 15 is 0 Å². The molecule has 0 unspecified atom stereocenters. The van der Waals surface area contributed by atoms with Gasteiger partial charge in [0.05, 0.1) is 27.6 Å². The fourth-order valence-electron chi connectivity index (χ4n) is 5.10. The maximum atomic E-state index is 5.03. The second-order valence-electron chi connectivity index (χ2n) is 8.21. The van der Waals surface area contributed by atoms with Gasteiger partial charge in [0.15, 0.2) is 0 Å². The highest BCUT2D eigenvalue weighted by molar-refractivity contribution is 6.27. The molecule has 4 heteroatoms. The van der Waals surface area contributed by atoms with Crippen molar-refractivity contribution in [1.82, 2.24) is 14.1 Å². The number of fused-ring (bicyclic) bond motifs is 7. The monoisotopic (exact) mass is 412 g/mol. The molecular weight excluding hydrogens is 392 g/mol. The molecule has 0 spiro atoms. The molecule has 0 fully saturated rings. The SMILES string of the molecule is C1=NCCC=C1n1c2ccccc2c2cnc3c(c4ccccc4n3-c3ccccc3)c21. The van der Waals surface area contributed by atoms with Gasteiger partial charge < -0.3 is 4.57 Å². The number of para-hydroxylation sites is 3. The molecule has 4 nitrogen and oxygen atoms in total. The van der Waals surface area contributed by atoms with Crippen LogP contribution in [0, 0.1) is 0 Å². The Kier molecular flexibility index (Phi) is 3.64. The summed E-state index contributed by atoms with van der Waals surface area (Å²) in [7, 11) is 0. The minimum Gasteiger partial charge on any atom is -0.307 e. The Morgan fingerprint density at radius 1 is 0.688 bits per heavy atom. The van der Waals surface area contributed by atoms with Crippen molar-refractivity contribution >= 4 is 55.7 Å². The van der Waals surface area contributed by atoms with Crippen molar-refractivity contribution in [2.75, 3.05) is 6.54 Å². The Bertz CT molecular complexity index is 1710. The Balaban J connectivity index is 1.75. The highest BCUT2D eigenvalue weighted by Gasteiger charge is 2.21. The van der Waals surface area contributed by atoms with E-state index in [4.69, 9.17) is 4.98 Å². The first-order chi connectivity index (χ1) is 15.9. The van der Waals surface area contributed by atoms with Crippen molar-refractivity contribution in [3.63, 3.8) is 0 Å². The van der Waals surface area contributed by atoms with Crippen LogP contribution in [0.5, 0.6) is 0 Å². The Morgan fingerprint density at radius 3 is 2.19 bits per heavy atom. The summed E-state index contributed by atoms with van der Waals surface area (Å²) in [5.74, 6) is 0. The fraction of sp³-hybridized carbons (Fsp3) is 0.0714. The summed E-state index contributed by atoms with van der Waals surface area (Å²) in [4.78, 5) is 9.62. The van der Waals surface area contributed by atoms with Crippen molar-refractivity contribution in [2.45, 2.75) is 6.42 Å². The third kappa shape index (κ3) is 2.32. The molecule has 0 saturated heterocycles. The van der Waals surface area contributed by atoms with Gasteiger partial charge in [0, 0.05) is 40.8 Å². The molecule has 7 rings (SSSR count). The van der Waals surface area contributed by atoms with Gasteiger partial charge in [0.25, 0.3) is 0 Å². The molecule has 4 heterocycles. The highest BCUT2D eigenvalue weighted by atomic mass is 15.1. The number of pyridine rings is 1. The molecule has 3 aromatic carbocycles. The topological polar surface area (TPSA) is 35.1 Å².